The van der Waals surface area contributed by atoms with Crippen molar-refractivity contribution >= 4 is 24.2 Å². The Morgan fingerprint density at radius 1 is 1.06 bits per heavy atom. The van der Waals surface area contributed by atoms with E-state index in [1.165, 1.54) is 0 Å². The summed E-state index contributed by atoms with van der Waals surface area (Å²) in [5.41, 5.74) is 2.58. The van der Waals surface area contributed by atoms with Gasteiger partial charge in [0, 0.05) is 10.6 Å². The van der Waals surface area contributed by atoms with Gasteiger partial charge in [-0.3, -0.25) is 0 Å². The maximum absolute atomic E-state index is 9.00. The number of nitriles is 1. The summed E-state index contributed by atoms with van der Waals surface area (Å²) in [6, 6.07) is 13.8. The summed E-state index contributed by atoms with van der Waals surface area (Å²) in [6.45, 7) is 0. The van der Waals surface area contributed by atoms with Crippen LogP contribution >= 0.6 is 11.6 Å². The molecule has 2 N–H and O–H groups in total. The van der Waals surface area contributed by atoms with E-state index in [0.29, 0.717) is 16.0 Å². The van der Waals surface area contributed by atoms with Gasteiger partial charge >= 0.3 is 7.12 Å². The molecular weight excluding hydrogens is 248 g/mol. The van der Waals surface area contributed by atoms with Crippen LogP contribution in [-0.2, 0) is 0 Å². The first-order valence-corrected chi connectivity index (χ1v) is 5.66. The van der Waals surface area contributed by atoms with Gasteiger partial charge < -0.3 is 10.0 Å². The Morgan fingerprint density at radius 2 is 1.72 bits per heavy atom. The van der Waals surface area contributed by atoms with Crippen molar-refractivity contribution in [2.24, 2.45) is 0 Å². The molecule has 0 saturated carbocycles. The molecule has 0 aliphatic rings. The Balaban J connectivity index is 2.40. The van der Waals surface area contributed by atoms with Crippen LogP contribution in [-0.4, -0.2) is 17.2 Å². The highest BCUT2D eigenvalue weighted by Gasteiger charge is 2.11. The van der Waals surface area contributed by atoms with Gasteiger partial charge in [-0.1, -0.05) is 41.9 Å². The molecule has 0 aliphatic carbocycles. The second-order valence-electron chi connectivity index (χ2n) is 3.80. The van der Waals surface area contributed by atoms with E-state index in [2.05, 4.69) is 0 Å². The van der Waals surface area contributed by atoms with Gasteiger partial charge in [0.15, 0.2) is 0 Å². The minimum Gasteiger partial charge on any atom is -0.423 e. The monoisotopic (exact) mass is 257 g/mol. The quantitative estimate of drug-likeness (QED) is 0.803. The zero-order valence-electron chi connectivity index (χ0n) is 9.34. The standard InChI is InChI=1S/C13H9BClNO2/c15-13-7-9(8-16)1-6-12(13)10-2-4-11(5-3-10)14(17)18/h1-7,17-18H. The van der Waals surface area contributed by atoms with E-state index in [9.17, 15) is 0 Å². The molecule has 2 aromatic carbocycles. The second kappa shape index (κ2) is 5.24. The Morgan fingerprint density at radius 3 is 2.22 bits per heavy atom. The van der Waals surface area contributed by atoms with Gasteiger partial charge in [-0.05, 0) is 23.2 Å². The highest BCUT2D eigenvalue weighted by Crippen LogP contribution is 2.28. The average molecular weight is 257 g/mol. The predicted molar refractivity (Wildman–Crippen MR) is 71.4 cm³/mol. The highest BCUT2D eigenvalue weighted by atomic mass is 35.5. The number of hydrogen-bond acceptors (Lipinski definition) is 3. The van der Waals surface area contributed by atoms with E-state index in [0.717, 1.165) is 11.1 Å². The van der Waals surface area contributed by atoms with Gasteiger partial charge in [-0.25, -0.2) is 0 Å². The van der Waals surface area contributed by atoms with E-state index in [1.54, 1.807) is 42.5 Å². The molecule has 0 radical (unpaired) electrons. The molecule has 0 spiro atoms. The highest BCUT2D eigenvalue weighted by molar-refractivity contribution is 6.58. The molecule has 0 atom stereocenters. The molecule has 0 heterocycles. The molecule has 0 aromatic heterocycles. The van der Waals surface area contributed by atoms with Crippen molar-refractivity contribution in [1.29, 1.82) is 5.26 Å². The van der Waals surface area contributed by atoms with Crippen molar-refractivity contribution in [2.45, 2.75) is 0 Å². The summed E-state index contributed by atoms with van der Waals surface area (Å²) in [5, 5.41) is 27.3. The van der Waals surface area contributed by atoms with Crippen LogP contribution in [0.2, 0.25) is 5.02 Å². The van der Waals surface area contributed by atoms with Gasteiger partial charge in [-0.2, -0.15) is 5.26 Å². The van der Waals surface area contributed by atoms with Crippen molar-refractivity contribution in [2.75, 3.05) is 0 Å². The second-order valence-corrected chi connectivity index (χ2v) is 4.21. The van der Waals surface area contributed by atoms with Crippen molar-refractivity contribution in [3.05, 3.63) is 53.1 Å². The van der Waals surface area contributed by atoms with Gasteiger partial charge in [0.1, 0.15) is 0 Å². The van der Waals surface area contributed by atoms with Crippen LogP contribution in [0.5, 0.6) is 0 Å². The fourth-order valence-corrected chi connectivity index (χ4v) is 1.94. The fraction of sp³-hybridized carbons (Fsp3) is 0. The maximum atomic E-state index is 9.00. The van der Waals surface area contributed by atoms with Crippen molar-refractivity contribution < 1.29 is 10.0 Å². The van der Waals surface area contributed by atoms with E-state index in [4.69, 9.17) is 26.9 Å². The fourth-order valence-electron chi connectivity index (χ4n) is 1.65. The molecule has 18 heavy (non-hydrogen) atoms. The molecule has 5 heteroatoms. The summed E-state index contributed by atoms with van der Waals surface area (Å²) in [4.78, 5) is 0. The first-order valence-electron chi connectivity index (χ1n) is 5.28. The first kappa shape index (κ1) is 12.7. The molecule has 2 aromatic rings. The third-order valence-corrected chi connectivity index (χ3v) is 2.93. The lowest BCUT2D eigenvalue weighted by Gasteiger charge is -2.06. The molecule has 0 amide bonds. The molecule has 0 aliphatic heterocycles. The molecule has 88 valence electrons. The van der Waals surface area contributed by atoms with Crippen LogP contribution in [0.3, 0.4) is 0 Å². The van der Waals surface area contributed by atoms with Crippen LogP contribution in [0.25, 0.3) is 11.1 Å². The van der Waals surface area contributed by atoms with E-state index >= 15 is 0 Å². The lowest BCUT2D eigenvalue weighted by atomic mass is 9.80. The van der Waals surface area contributed by atoms with Crippen LogP contribution in [0, 0.1) is 11.3 Å². The lowest BCUT2D eigenvalue weighted by molar-refractivity contribution is 0.426. The SMILES string of the molecule is N#Cc1ccc(-c2ccc(B(O)O)cc2)c(Cl)c1. The largest absolute Gasteiger partial charge is 0.488 e. The Bertz CT molecular complexity index is 605. The molecule has 0 fully saturated rings. The van der Waals surface area contributed by atoms with Crippen molar-refractivity contribution in [3.63, 3.8) is 0 Å². The van der Waals surface area contributed by atoms with Crippen LogP contribution in [0.15, 0.2) is 42.5 Å². The van der Waals surface area contributed by atoms with Crippen molar-refractivity contribution in [1.82, 2.24) is 0 Å². The molecule has 3 nitrogen and oxygen atoms in total. The zero-order chi connectivity index (χ0) is 13.1. The minimum atomic E-state index is -1.48. The summed E-state index contributed by atoms with van der Waals surface area (Å²) in [7, 11) is -1.48. The number of rotatable bonds is 2. The lowest BCUT2D eigenvalue weighted by Crippen LogP contribution is -2.29. The summed E-state index contributed by atoms with van der Waals surface area (Å²) >= 11 is 6.10. The van der Waals surface area contributed by atoms with Crippen LogP contribution in [0.1, 0.15) is 5.56 Å². The number of nitrogens with zero attached hydrogens (tertiary/aromatic N) is 1. The summed E-state index contributed by atoms with van der Waals surface area (Å²) < 4.78 is 0. The zero-order valence-corrected chi connectivity index (χ0v) is 10.1. The molecule has 0 saturated heterocycles. The Hall–Kier alpha value is -1.80. The Kier molecular flexibility index (Phi) is 3.68. The van der Waals surface area contributed by atoms with Gasteiger partial charge in [-0.15, -0.1) is 0 Å². The average Bonchev–Trinajstić information content (AvgIpc) is 2.38. The Labute approximate surface area is 110 Å². The van der Waals surface area contributed by atoms with Gasteiger partial charge in [0.2, 0.25) is 0 Å². The van der Waals surface area contributed by atoms with Crippen LogP contribution < -0.4 is 5.46 Å². The third kappa shape index (κ3) is 2.54. The molecule has 0 unspecified atom stereocenters. The van der Waals surface area contributed by atoms with Crippen molar-refractivity contribution in [3.8, 4) is 17.2 Å². The molecular formula is C13H9BClNO2. The minimum absolute atomic E-state index is 0.420. The van der Waals surface area contributed by atoms with E-state index < -0.39 is 7.12 Å². The third-order valence-electron chi connectivity index (χ3n) is 2.62. The predicted octanol–water partition coefficient (Wildman–Crippen LogP) is 1.56. The maximum Gasteiger partial charge on any atom is 0.488 e. The topological polar surface area (TPSA) is 64.2 Å². The summed E-state index contributed by atoms with van der Waals surface area (Å²) in [5.74, 6) is 0. The van der Waals surface area contributed by atoms with E-state index in [-0.39, 0.29) is 0 Å². The molecule has 2 rings (SSSR count). The molecule has 0 bridgehead atoms. The number of benzene rings is 2. The summed E-state index contributed by atoms with van der Waals surface area (Å²) in [6.07, 6.45) is 0. The van der Waals surface area contributed by atoms with Crippen LogP contribution in [0.4, 0.5) is 0 Å². The van der Waals surface area contributed by atoms with Gasteiger partial charge in [0.25, 0.3) is 0 Å². The number of hydrogen-bond donors (Lipinski definition) is 2. The van der Waals surface area contributed by atoms with E-state index in [1.807, 2.05) is 6.07 Å². The van der Waals surface area contributed by atoms with Gasteiger partial charge in [0.05, 0.1) is 11.6 Å². The number of halogens is 1. The normalized spacial score (nSPS) is 9.89. The first-order chi connectivity index (χ1) is 8.61. The smallest absolute Gasteiger partial charge is 0.423 e.